The van der Waals surface area contributed by atoms with Crippen molar-refractivity contribution in [1.29, 1.82) is 5.26 Å². The second-order valence-electron chi connectivity index (χ2n) is 6.06. The minimum atomic E-state index is -0.491. The number of hydrogen-bond donors (Lipinski definition) is 1. The molecule has 0 aliphatic heterocycles. The van der Waals surface area contributed by atoms with Crippen molar-refractivity contribution < 1.29 is 14.3 Å². The van der Waals surface area contributed by atoms with Gasteiger partial charge in [0, 0.05) is 6.08 Å². The van der Waals surface area contributed by atoms with Gasteiger partial charge in [-0.1, -0.05) is 29.8 Å². The fourth-order valence-electron chi connectivity index (χ4n) is 2.20. The normalized spacial score (nSPS) is 10.8. The highest BCUT2D eigenvalue weighted by molar-refractivity contribution is 7.18. The van der Waals surface area contributed by atoms with Gasteiger partial charge in [0.2, 0.25) is 5.91 Å². The van der Waals surface area contributed by atoms with Gasteiger partial charge >= 0.3 is 5.97 Å². The van der Waals surface area contributed by atoms with Crippen LogP contribution in [0.5, 0.6) is 0 Å². The summed E-state index contributed by atoms with van der Waals surface area (Å²) in [4.78, 5) is 24.6. The second kappa shape index (κ2) is 8.45. The zero-order valence-electron chi connectivity index (χ0n) is 15.1. The van der Waals surface area contributed by atoms with Crippen LogP contribution in [0.1, 0.15) is 45.8 Å². The summed E-state index contributed by atoms with van der Waals surface area (Å²) in [5.41, 5.74) is 2.83. The Labute approximate surface area is 156 Å². The number of ether oxygens (including phenoxy) is 1. The number of carbonyl (C=O) groups is 2. The van der Waals surface area contributed by atoms with Crippen LogP contribution < -0.4 is 5.32 Å². The highest BCUT2D eigenvalue weighted by Crippen LogP contribution is 2.33. The zero-order chi connectivity index (χ0) is 19.3. The SMILES string of the molecule is Cc1ccc(/C=C/C(=O)Nc2sc(C(=O)OC(C)C)c(C)c2C#N)cc1. The van der Waals surface area contributed by atoms with Crippen LogP contribution in [-0.4, -0.2) is 18.0 Å². The van der Waals surface area contributed by atoms with Crippen molar-refractivity contribution in [2.45, 2.75) is 33.8 Å². The Balaban J connectivity index is 2.18. The Morgan fingerprint density at radius 2 is 1.88 bits per heavy atom. The van der Waals surface area contributed by atoms with Gasteiger partial charge < -0.3 is 10.1 Å². The van der Waals surface area contributed by atoms with Crippen molar-refractivity contribution in [2.24, 2.45) is 0 Å². The molecular formula is C20H20N2O3S. The molecule has 26 heavy (non-hydrogen) atoms. The van der Waals surface area contributed by atoms with Crippen LogP contribution in [0.4, 0.5) is 5.00 Å². The van der Waals surface area contributed by atoms with E-state index in [1.165, 1.54) is 6.08 Å². The highest BCUT2D eigenvalue weighted by Gasteiger charge is 2.22. The number of nitriles is 1. The number of esters is 1. The average molecular weight is 368 g/mol. The third-order valence-corrected chi connectivity index (χ3v) is 4.72. The van der Waals surface area contributed by atoms with Crippen LogP contribution in [0.3, 0.4) is 0 Å². The van der Waals surface area contributed by atoms with E-state index in [2.05, 4.69) is 5.32 Å². The molecule has 0 unspecified atom stereocenters. The molecule has 1 amide bonds. The molecule has 5 nitrogen and oxygen atoms in total. The number of hydrogen-bond acceptors (Lipinski definition) is 5. The molecule has 2 rings (SSSR count). The van der Waals surface area contributed by atoms with Gasteiger partial charge in [-0.25, -0.2) is 4.79 Å². The van der Waals surface area contributed by atoms with Crippen LogP contribution in [0.15, 0.2) is 30.3 Å². The molecule has 1 N–H and O–H groups in total. The van der Waals surface area contributed by atoms with Crippen molar-refractivity contribution in [3.05, 3.63) is 57.5 Å². The first-order valence-corrected chi connectivity index (χ1v) is 8.93. The predicted molar refractivity (Wildman–Crippen MR) is 103 cm³/mol. The number of benzene rings is 1. The van der Waals surface area contributed by atoms with Gasteiger partial charge in [-0.05, 0) is 44.9 Å². The summed E-state index contributed by atoms with van der Waals surface area (Å²) in [5, 5.41) is 12.4. The summed E-state index contributed by atoms with van der Waals surface area (Å²) in [6.07, 6.45) is 2.83. The summed E-state index contributed by atoms with van der Waals surface area (Å²) in [6.45, 7) is 7.17. The van der Waals surface area contributed by atoms with Gasteiger partial charge in [-0.2, -0.15) is 5.26 Å². The first-order chi connectivity index (χ1) is 12.3. The van der Waals surface area contributed by atoms with Gasteiger partial charge in [0.05, 0.1) is 11.7 Å². The molecule has 0 saturated heterocycles. The Morgan fingerprint density at radius 1 is 1.23 bits per heavy atom. The Bertz CT molecular complexity index is 887. The zero-order valence-corrected chi connectivity index (χ0v) is 15.9. The number of anilines is 1. The Kier molecular flexibility index (Phi) is 6.31. The van der Waals surface area contributed by atoms with E-state index >= 15 is 0 Å². The maximum atomic E-state index is 12.2. The van der Waals surface area contributed by atoms with Gasteiger partial charge in [-0.3, -0.25) is 4.79 Å². The van der Waals surface area contributed by atoms with Gasteiger partial charge in [0.1, 0.15) is 15.9 Å². The molecule has 1 aromatic heterocycles. The minimum Gasteiger partial charge on any atom is -0.459 e. The van der Waals surface area contributed by atoms with E-state index < -0.39 is 5.97 Å². The van der Waals surface area contributed by atoms with Gasteiger partial charge in [0.25, 0.3) is 0 Å². The lowest BCUT2D eigenvalue weighted by atomic mass is 10.1. The third-order valence-electron chi connectivity index (χ3n) is 3.53. The number of amides is 1. The summed E-state index contributed by atoms with van der Waals surface area (Å²) < 4.78 is 5.19. The maximum Gasteiger partial charge on any atom is 0.348 e. The lowest BCUT2D eigenvalue weighted by molar-refractivity contribution is -0.111. The highest BCUT2D eigenvalue weighted by atomic mass is 32.1. The van der Waals surface area contributed by atoms with E-state index in [4.69, 9.17) is 4.74 Å². The van der Waals surface area contributed by atoms with Crippen LogP contribution in [-0.2, 0) is 9.53 Å². The van der Waals surface area contributed by atoms with Crippen LogP contribution >= 0.6 is 11.3 Å². The molecule has 0 aliphatic rings. The molecule has 6 heteroatoms. The minimum absolute atomic E-state index is 0.259. The van der Waals surface area contributed by atoms with Gasteiger partial charge in [-0.15, -0.1) is 11.3 Å². The van der Waals surface area contributed by atoms with E-state index in [0.717, 1.165) is 22.5 Å². The molecule has 0 radical (unpaired) electrons. The lowest BCUT2D eigenvalue weighted by Crippen LogP contribution is -2.11. The van der Waals surface area contributed by atoms with E-state index in [0.29, 0.717) is 15.4 Å². The lowest BCUT2D eigenvalue weighted by Gasteiger charge is -2.06. The Morgan fingerprint density at radius 3 is 2.46 bits per heavy atom. The fraction of sp³-hybridized carbons (Fsp3) is 0.250. The molecule has 0 atom stereocenters. The van der Waals surface area contributed by atoms with E-state index in [9.17, 15) is 14.9 Å². The molecule has 1 heterocycles. The van der Waals surface area contributed by atoms with Crippen molar-refractivity contribution in [3.63, 3.8) is 0 Å². The van der Waals surface area contributed by atoms with Crippen molar-refractivity contribution >= 4 is 34.3 Å². The molecule has 0 aliphatic carbocycles. The smallest absolute Gasteiger partial charge is 0.348 e. The maximum absolute atomic E-state index is 12.2. The summed E-state index contributed by atoms with van der Waals surface area (Å²) in [6, 6.07) is 9.78. The van der Waals surface area contributed by atoms with Crippen LogP contribution in [0, 0.1) is 25.2 Å². The quantitative estimate of drug-likeness (QED) is 0.624. The van der Waals surface area contributed by atoms with Crippen LogP contribution in [0.25, 0.3) is 6.08 Å². The summed E-state index contributed by atoms with van der Waals surface area (Å²) in [7, 11) is 0. The first-order valence-electron chi connectivity index (χ1n) is 8.12. The van der Waals surface area contributed by atoms with Crippen molar-refractivity contribution in [3.8, 4) is 6.07 Å². The molecule has 0 spiro atoms. The van der Waals surface area contributed by atoms with E-state index in [-0.39, 0.29) is 17.6 Å². The molecule has 0 fully saturated rings. The monoisotopic (exact) mass is 368 g/mol. The summed E-state index contributed by atoms with van der Waals surface area (Å²) in [5.74, 6) is -0.859. The second-order valence-corrected chi connectivity index (χ2v) is 7.08. The van der Waals surface area contributed by atoms with Crippen molar-refractivity contribution in [1.82, 2.24) is 0 Å². The number of rotatable bonds is 5. The predicted octanol–water partition coefficient (Wildman–Crippen LogP) is 4.45. The van der Waals surface area contributed by atoms with Crippen molar-refractivity contribution in [2.75, 3.05) is 5.32 Å². The third kappa shape index (κ3) is 4.80. The standard InChI is InChI=1S/C20H20N2O3S/c1-12(2)25-20(24)18-14(4)16(11-21)19(26-18)22-17(23)10-9-15-7-5-13(3)6-8-15/h5-10,12H,1-4H3,(H,22,23)/b10-9+. The molecule has 1 aromatic carbocycles. The molecular weight excluding hydrogens is 348 g/mol. The fourth-order valence-corrected chi connectivity index (χ4v) is 3.24. The van der Waals surface area contributed by atoms with Crippen LogP contribution in [0.2, 0.25) is 0 Å². The number of nitrogens with zero attached hydrogens (tertiary/aromatic N) is 1. The number of thiophene rings is 1. The Hall–Kier alpha value is -2.91. The summed E-state index contributed by atoms with van der Waals surface area (Å²) >= 11 is 1.05. The van der Waals surface area contributed by atoms with E-state index in [1.54, 1.807) is 26.8 Å². The molecule has 134 valence electrons. The molecule has 2 aromatic rings. The number of carbonyl (C=O) groups excluding carboxylic acids is 2. The van der Waals surface area contributed by atoms with Gasteiger partial charge in [0.15, 0.2) is 0 Å². The largest absolute Gasteiger partial charge is 0.459 e. The molecule has 0 bridgehead atoms. The molecule has 0 saturated carbocycles. The first kappa shape index (κ1) is 19.4. The topological polar surface area (TPSA) is 79.2 Å². The number of aryl methyl sites for hydroxylation is 1. The average Bonchev–Trinajstić information content (AvgIpc) is 2.89. The van der Waals surface area contributed by atoms with E-state index in [1.807, 2.05) is 37.3 Å². The number of nitrogens with one attached hydrogen (secondary N) is 1.